The largest absolute Gasteiger partial charge is 0.573 e. The number of alkyl halides is 3. The molecule has 0 bridgehead atoms. The van der Waals surface area contributed by atoms with Gasteiger partial charge in [-0.3, -0.25) is 4.90 Å². The first kappa shape index (κ1) is 25.2. The van der Waals surface area contributed by atoms with Crippen LogP contribution in [0, 0.1) is 5.92 Å². The van der Waals surface area contributed by atoms with E-state index in [1.807, 2.05) is 11.0 Å². The van der Waals surface area contributed by atoms with Crippen LogP contribution >= 0.6 is 0 Å². The topological polar surface area (TPSA) is 45.2 Å². The van der Waals surface area contributed by atoms with Crippen molar-refractivity contribution in [3.05, 3.63) is 60.2 Å². The molecule has 190 valence electrons. The summed E-state index contributed by atoms with van der Waals surface area (Å²) in [7, 11) is 0. The molecule has 2 saturated heterocycles. The highest BCUT2D eigenvalue weighted by molar-refractivity contribution is 5.68. The lowest BCUT2D eigenvalue weighted by Gasteiger charge is -2.35. The van der Waals surface area contributed by atoms with E-state index in [4.69, 9.17) is 4.74 Å². The Morgan fingerprint density at radius 1 is 0.886 bits per heavy atom. The minimum atomic E-state index is -4.70. The molecule has 0 saturated carbocycles. The second-order valence-corrected chi connectivity index (χ2v) is 9.12. The van der Waals surface area contributed by atoms with Crippen LogP contribution in [0.3, 0.4) is 0 Å². The van der Waals surface area contributed by atoms with Crippen LogP contribution in [0.2, 0.25) is 0 Å². The average Bonchev–Trinajstić information content (AvgIpc) is 2.85. The van der Waals surface area contributed by atoms with Gasteiger partial charge in [-0.2, -0.15) is 0 Å². The number of hydrogen-bond donors (Lipinski definition) is 0. The van der Waals surface area contributed by atoms with Crippen molar-refractivity contribution < 1.29 is 27.4 Å². The molecule has 0 radical (unpaired) electrons. The smallest absolute Gasteiger partial charge is 0.449 e. The van der Waals surface area contributed by atoms with Crippen molar-refractivity contribution in [1.29, 1.82) is 0 Å². The summed E-state index contributed by atoms with van der Waals surface area (Å²) >= 11 is 0. The van der Waals surface area contributed by atoms with Crippen molar-refractivity contribution in [2.45, 2.75) is 32.2 Å². The molecule has 0 unspecified atom stereocenters. The van der Waals surface area contributed by atoms with Gasteiger partial charge in [-0.05, 0) is 68.1 Å². The van der Waals surface area contributed by atoms with Crippen LogP contribution in [0.5, 0.6) is 5.75 Å². The second-order valence-electron chi connectivity index (χ2n) is 9.12. The number of ether oxygens (including phenoxy) is 2. The number of piperidine rings is 1. The monoisotopic (exact) mass is 491 g/mol. The van der Waals surface area contributed by atoms with Gasteiger partial charge in [0.05, 0.1) is 6.61 Å². The normalized spacial score (nSPS) is 17.9. The first-order valence-corrected chi connectivity index (χ1v) is 12.1. The number of anilines is 1. The first-order valence-electron chi connectivity index (χ1n) is 12.1. The Morgan fingerprint density at radius 2 is 1.54 bits per heavy atom. The van der Waals surface area contributed by atoms with Crippen LogP contribution in [0.4, 0.5) is 23.7 Å². The number of nitrogens with zero attached hydrogens (tertiary/aromatic N) is 3. The van der Waals surface area contributed by atoms with Crippen LogP contribution in [0.25, 0.3) is 0 Å². The molecule has 9 heteroatoms. The minimum absolute atomic E-state index is 0.245. The van der Waals surface area contributed by atoms with Crippen molar-refractivity contribution >= 4 is 11.8 Å². The molecule has 2 aromatic rings. The second kappa shape index (κ2) is 11.7. The highest BCUT2D eigenvalue weighted by Crippen LogP contribution is 2.26. The number of halogens is 3. The average molecular weight is 492 g/mol. The lowest BCUT2D eigenvalue weighted by molar-refractivity contribution is -0.274. The van der Waals surface area contributed by atoms with Gasteiger partial charge in [0.2, 0.25) is 0 Å². The Kier molecular flexibility index (Phi) is 8.38. The van der Waals surface area contributed by atoms with Crippen LogP contribution in [0.1, 0.15) is 24.8 Å². The summed E-state index contributed by atoms with van der Waals surface area (Å²) in [4.78, 5) is 18.7. The number of likely N-dealkylation sites (tertiary alicyclic amines) is 1. The molecular formula is C26H32F3N3O3. The first-order chi connectivity index (χ1) is 16.9. The summed E-state index contributed by atoms with van der Waals surface area (Å²) in [5.41, 5.74) is 2.14. The predicted molar refractivity (Wildman–Crippen MR) is 127 cm³/mol. The van der Waals surface area contributed by atoms with Gasteiger partial charge >= 0.3 is 12.5 Å². The summed E-state index contributed by atoms with van der Waals surface area (Å²) < 4.78 is 46.4. The molecule has 35 heavy (non-hydrogen) atoms. The van der Waals surface area contributed by atoms with Gasteiger partial charge < -0.3 is 19.3 Å². The van der Waals surface area contributed by atoms with Gasteiger partial charge in [0.15, 0.2) is 0 Å². The molecule has 4 rings (SSSR count). The summed E-state index contributed by atoms with van der Waals surface area (Å²) in [6.45, 7) is 5.76. The zero-order valence-electron chi connectivity index (χ0n) is 19.8. The number of rotatable bonds is 7. The zero-order valence-corrected chi connectivity index (χ0v) is 19.8. The van der Waals surface area contributed by atoms with Gasteiger partial charge in [0, 0.05) is 38.4 Å². The third kappa shape index (κ3) is 7.78. The van der Waals surface area contributed by atoms with Crippen LogP contribution in [0.15, 0.2) is 54.6 Å². The number of carbonyl (C=O) groups excluding carboxylic acids is 1. The van der Waals surface area contributed by atoms with E-state index in [1.165, 1.54) is 17.7 Å². The molecule has 2 aliphatic rings. The van der Waals surface area contributed by atoms with Crippen molar-refractivity contribution in [3.63, 3.8) is 0 Å². The van der Waals surface area contributed by atoms with Crippen molar-refractivity contribution in [2.75, 3.05) is 50.8 Å². The van der Waals surface area contributed by atoms with Crippen LogP contribution < -0.4 is 9.64 Å². The maximum absolute atomic E-state index is 12.5. The van der Waals surface area contributed by atoms with Gasteiger partial charge in [-0.25, -0.2) is 4.79 Å². The molecular weight excluding hydrogens is 459 g/mol. The molecule has 0 spiro atoms. The van der Waals surface area contributed by atoms with Crippen molar-refractivity contribution in [2.24, 2.45) is 5.92 Å². The molecule has 2 aromatic carbocycles. The number of hydrogen-bond acceptors (Lipinski definition) is 5. The van der Waals surface area contributed by atoms with Gasteiger partial charge in [-0.1, -0.05) is 30.3 Å². The molecule has 0 aromatic heterocycles. The van der Waals surface area contributed by atoms with Gasteiger partial charge in [-0.15, -0.1) is 13.2 Å². The van der Waals surface area contributed by atoms with E-state index in [9.17, 15) is 18.0 Å². The minimum Gasteiger partial charge on any atom is -0.449 e. The number of piperazine rings is 1. The molecule has 0 atom stereocenters. The fraction of sp³-hybridized carbons (Fsp3) is 0.500. The lowest BCUT2D eigenvalue weighted by Crippen LogP contribution is -2.49. The molecule has 2 aliphatic heterocycles. The zero-order chi connectivity index (χ0) is 24.7. The number of benzene rings is 2. The van der Waals surface area contributed by atoms with E-state index in [-0.39, 0.29) is 11.8 Å². The van der Waals surface area contributed by atoms with Gasteiger partial charge in [0.1, 0.15) is 5.75 Å². The van der Waals surface area contributed by atoms with E-state index in [0.717, 1.165) is 44.6 Å². The SMILES string of the molecule is O=C(OCCC1CCN(Cc2ccccc2)CC1)N1CCN(c2ccc(OC(F)(F)F)cc2)CC1. The standard InChI is InChI=1S/C26H32F3N3O3/c27-26(28,29)35-24-8-6-23(7-9-24)31-15-17-32(18-16-31)25(33)34-19-12-21-10-13-30(14-11-21)20-22-4-2-1-3-5-22/h1-9,21H,10-20H2. The lowest BCUT2D eigenvalue weighted by atomic mass is 9.93. The molecule has 0 N–H and O–H groups in total. The van der Waals surface area contributed by atoms with E-state index < -0.39 is 6.36 Å². The summed E-state index contributed by atoms with van der Waals surface area (Å²) in [6, 6.07) is 16.3. The Labute approximate surface area is 204 Å². The Balaban J connectivity index is 1.11. The Morgan fingerprint density at radius 3 is 2.17 bits per heavy atom. The maximum atomic E-state index is 12.5. The van der Waals surface area contributed by atoms with E-state index in [0.29, 0.717) is 38.7 Å². The number of amides is 1. The molecule has 0 aliphatic carbocycles. The predicted octanol–water partition coefficient (Wildman–Crippen LogP) is 5.15. The van der Waals surface area contributed by atoms with E-state index >= 15 is 0 Å². The quantitative estimate of drug-likeness (QED) is 0.536. The number of carbonyl (C=O) groups is 1. The Bertz CT molecular complexity index is 924. The molecule has 2 heterocycles. The highest BCUT2D eigenvalue weighted by Gasteiger charge is 2.31. The Hall–Kier alpha value is -2.94. The third-order valence-corrected chi connectivity index (χ3v) is 6.68. The molecule has 6 nitrogen and oxygen atoms in total. The summed E-state index contributed by atoms with van der Waals surface area (Å²) in [5.74, 6) is 0.335. The third-order valence-electron chi connectivity index (χ3n) is 6.68. The van der Waals surface area contributed by atoms with Crippen molar-refractivity contribution in [1.82, 2.24) is 9.80 Å². The fourth-order valence-corrected chi connectivity index (χ4v) is 4.68. The van der Waals surface area contributed by atoms with Gasteiger partial charge in [0.25, 0.3) is 0 Å². The summed E-state index contributed by atoms with van der Waals surface area (Å²) in [5, 5.41) is 0. The molecule has 1 amide bonds. The van der Waals surface area contributed by atoms with Crippen LogP contribution in [-0.2, 0) is 11.3 Å². The highest BCUT2D eigenvalue weighted by atomic mass is 19.4. The van der Waals surface area contributed by atoms with Crippen LogP contribution in [-0.4, -0.2) is 68.1 Å². The van der Waals surface area contributed by atoms with E-state index in [1.54, 1.807) is 17.0 Å². The fourth-order valence-electron chi connectivity index (χ4n) is 4.68. The van der Waals surface area contributed by atoms with E-state index in [2.05, 4.69) is 33.9 Å². The summed E-state index contributed by atoms with van der Waals surface area (Å²) in [6.07, 6.45) is -1.86. The molecule has 2 fully saturated rings. The van der Waals surface area contributed by atoms with Crippen molar-refractivity contribution in [3.8, 4) is 5.75 Å². The maximum Gasteiger partial charge on any atom is 0.573 e.